The lowest BCUT2D eigenvalue weighted by Gasteiger charge is -2.19. The average molecular weight is 372 g/mol. The lowest BCUT2D eigenvalue weighted by molar-refractivity contribution is -0.133. The molecule has 1 saturated heterocycles. The SMILES string of the molecule is CN(Cc1ccsc1)C(=O)COC(=O)c1ccccc1N1CCCC1=O. The van der Waals surface area contributed by atoms with E-state index in [1.54, 1.807) is 47.5 Å². The van der Waals surface area contributed by atoms with Gasteiger partial charge in [0.25, 0.3) is 5.91 Å². The van der Waals surface area contributed by atoms with Gasteiger partial charge in [0.15, 0.2) is 6.61 Å². The molecule has 2 aromatic rings. The molecule has 0 unspecified atom stereocenters. The van der Waals surface area contributed by atoms with E-state index >= 15 is 0 Å². The number of benzene rings is 1. The summed E-state index contributed by atoms with van der Waals surface area (Å²) in [5.41, 5.74) is 1.88. The first-order chi connectivity index (χ1) is 12.6. The number of hydrogen-bond donors (Lipinski definition) is 0. The monoisotopic (exact) mass is 372 g/mol. The third-order valence-corrected chi connectivity index (χ3v) is 4.97. The second-order valence-corrected chi connectivity index (χ2v) is 6.90. The molecular weight excluding hydrogens is 352 g/mol. The summed E-state index contributed by atoms with van der Waals surface area (Å²) in [6, 6.07) is 8.78. The van der Waals surface area contributed by atoms with E-state index in [4.69, 9.17) is 4.74 Å². The Kier molecular flexibility index (Phi) is 5.68. The lowest BCUT2D eigenvalue weighted by Crippen LogP contribution is -2.31. The predicted octanol–water partition coefficient (Wildman–Crippen LogP) is 2.69. The van der Waals surface area contributed by atoms with Crippen molar-refractivity contribution in [1.29, 1.82) is 0 Å². The molecule has 0 radical (unpaired) electrons. The Hall–Kier alpha value is -2.67. The maximum absolute atomic E-state index is 12.4. The molecule has 1 aromatic heterocycles. The molecule has 0 N–H and O–H groups in total. The van der Waals surface area contributed by atoms with Crippen LogP contribution in [0, 0.1) is 0 Å². The van der Waals surface area contributed by atoms with Crippen molar-refractivity contribution in [2.24, 2.45) is 0 Å². The number of esters is 1. The minimum Gasteiger partial charge on any atom is -0.452 e. The number of ether oxygens (including phenoxy) is 1. The standard InChI is InChI=1S/C19H20N2O4S/c1-20(11-14-8-10-26-13-14)18(23)12-25-19(24)15-5-2-3-6-16(15)21-9-4-7-17(21)22/h2-3,5-6,8,10,13H,4,7,9,11-12H2,1H3. The number of anilines is 1. The van der Waals surface area contributed by atoms with Crippen LogP contribution in [-0.4, -0.2) is 42.9 Å². The van der Waals surface area contributed by atoms with E-state index in [1.165, 1.54) is 4.90 Å². The van der Waals surface area contributed by atoms with E-state index in [1.807, 2.05) is 16.8 Å². The number of likely N-dealkylation sites (N-methyl/N-ethyl adjacent to an activating group) is 1. The van der Waals surface area contributed by atoms with Gasteiger partial charge in [-0.1, -0.05) is 12.1 Å². The Morgan fingerprint density at radius 1 is 1.27 bits per heavy atom. The average Bonchev–Trinajstić information content (AvgIpc) is 3.30. The van der Waals surface area contributed by atoms with Crippen molar-refractivity contribution in [2.75, 3.05) is 25.1 Å². The maximum Gasteiger partial charge on any atom is 0.340 e. The fourth-order valence-electron chi connectivity index (χ4n) is 2.84. The highest BCUT2D eigenvalue weighted by molar-refractivity contribution is 7.07. The van der Waals surface area contributed by atoms with Crippen LogP contribution in [0.4, 0.5) is 5.69 Å². The van der Waals surface area contributed by atoms with Crippen molar-refractivity contribution in [3.8, 4) is 0 Å². The van der Waals surface area contributed by atoms with Gasteiger partial charge >= 0.3 is 5.97 Å². The molecule has 0 aliphatic carbocycles. The Labute approximate surface area is 156 Å². The summed E-state index contributed by atoms with van der Waals surface area (Å²) in [5, 5.41) is 3.92. The summed E-state index contributed by atoms with van der Waals surface area (Å²) in [4.78, 5) is 39.7. The summed E-state index contributed by atoms with van der Waals surface area (Å²) in [6.45, 7) is 0.728. The number of carbonyl (C=O) groups excluding carboxylic acids is 3. The van der Waals surface area contributed by atoms with Crippen LogP contribution in [0.25, 0.3) is 0 Å². The van der Waals surface area contributed by atoms with Crippen LogP contribution < -0.4 is 4.90 Å². The molecule has 6 nitrogen and oxygen atoms in total. The Morgan fingerprint density at radius 2 is 2.08 bits per heavy atom. The van der Waals surface area contributed by atoms with Crippen LogP contribution in [-0.2, 0) is 20.9 Å². The molecule has 2 heterocycles. The normalized spacial score (nSPS) is 13.7. The van der Waals surface area contributed by atoms with Crippen molar-refractivity contribution in [2.45, 2.75) is 19.4 Å². The fourth-order valence-corrected chi connectivity index (χ4v) is 3.50. The van der Waals surface area contributed by atoms with Gasteiger partial charge in [-0.15, -0.1) is 0 Å². The van der Waals surface area contributed by atoms with Crippen LogP contribution in [0.5, 0.6) is 0 Å². The first-order valence-electron chi connectivity index (χ1n) is 8.38. The summed E-state index contributed by atoms with van der Waals surface area (Å²) < 4.78 is 5.20. The van der Waals surface area contributed by atoms with Gasteiger partial charge < -0.3 is 14.5 Å². The van der Waals surface area contributed by atoms with Crippen molar-refractivity contribution >= 4 is 34.8 Å². The topological polar surface area (TPSA) is 66.9 Å². The van der Waals surface area contributed by atoms with E-state index in [2.05, 4.69) is 0 Å². The molecule has 0 spiro atoms. The first kappa shape index (κ1) is 18.1. The van der Waals surface area contributed by atoms with Crippen molar-refractivity contribution in [1.82, 2.24) is 4.90 Å². The highest BCUT2D eigenvalue weighted by Crippen LogP contribution is 2.26. The van der Waals surface area contributed by atoms with Gasteiger partial charge in [-0.05, 0) is 40.9 Å². The number of rotatable bonds is 6. The number of nitrogens with zero attached hydrogens (tertiary/aromatic N) is 2. The molecule has 2 amide bonds. The van der Waals surface area contributed by atoms with Crippen LogP contribution in [0.2, 0.25) is 0 Å². The maximum atomic E-state index is 12.4. The number of carbonyl (C=O) groups is 3. The Balaban J connectivity index is 1.61. The number of thiophene rings is 1. The van der Waals surface area contributed by atoms with Crippen molar-refractivity contribution in [3.05, 3.63) is 52.2 Å². The fraction of sp³-hybridized carbons (Fsp3) is 0.316. The van der Waals surface area contributed by atoms with Gasteiger partial charge in [-0.3, -0.25) is 9.59 Å². The van der Waals surface area contributed by atoms with Crippen molar-refractivity contribution < 1.29 is 19.1 Å². The summed E-state index contributed by atoms with van der Waals surface area (Å²) in [7, 11) is 1.67. The molecule has 7 heteroatoms. The van der Waals surface area contributed by atoms with Crippen LogP contribution in [0.15, 0.2) is 41.1 Å². The molecule has 1 fully saturated rings. The zero-order valence-electron chi connectivity index (χ0n) is 14.5. The van der Waals surface area contributed by atoms with Crippen LogP contribution in [0.3, 0.4) is 0 Å². The molecule has 3 rings (SSSR count). The number of amides is 2. The molecule has 1 aliphatic rings. The summed E-state index contributed by atoms with van der Waals surface area (Å²) in [6.07, 6.45) is 1.25. The van der Waals surface area contributed by atoms with E-state index in [9.17, 15) is 14.4 Å². The second kappa shape index (κ2) is 8.14. The Bertz CT molecular complexity index is 804. The smallest absolute Gasteiger partial charge is 0.340 e. The van der Waals surface area contributed by atoms with E-state index in [0.29, 0.717) is 30.8 Å². The van der Waals surface area contributed by atoms with Gasteiger partial charge in [0.05, 0.1) is 11.3 Å². The largest absolute Gasteiger partial charge is 0.452 e. The minimum absolute atomic E-state index is 0.00294. The predicted molar refractivity (Wildman–Crippen MR) is 99.1 cm³/mol. The molecule has 0 bridgehead atoms. The zero-order valence-corrected chi connectivity index (χ0v) is 15.3. The molecule has 1 aliphatic heterocycles. The highest BCUT2D eigenvalue weighted by Gasteiger charge is 2.26. The minimum atomic E-state index is -0.599. The molecule has 136 valence electrons. The Morgan fingerprint density at radius 3 is 2.77 bits per heavy atom. The summed E-state index contributed by atoms with van der Waals surface area (Å²) in [5.74, 6) is -0.881. The van der Waals surface area contributed by atoms with Gasteiger partial charge in [0, 0.05) is 26.6 Å². The van der Waals surface area contributed by atoms with Gasteiger partial charge in [0.1, 0.15) is 0 Å². The molecule has 0 atom stereocenters. The van der Waals surface area contributed by atoms with Gasteiger partial charge in [-0.2, -0.15) is 11.3 Å². The van der Waals surface area contributed by atoms with E-state index < -0.39 is 5.97 Å². The molecule has 0 saturated carbocycles. The van der Waals surface area contributed by atoms with Crippen LogP contribution >= 0.6 is 11.3 Å². The van der Waals surface area contributed by atoms with Crippen LogP contribution in [0.1, 0.15) is 28.8 Å². The third kappa shape index (κ3) is 4.11. The van der Waals surface area contributed by atoms with Crippen molar-refractivity contribution in [3.63, 3.8) is 0 Å². The van der Waals surface area contributed by atoms with E-state index in [-0.39, 0.29) is 18.4 Å². The molecule has 26 heavy (non-hydrogen) atoms. The number of para-hydroxylation sites is 1. The quantitative estimate of drug-likeness (QED) is 0.731. The molecular formula is C19H20N2O4S. The van der Waals surface area contributed by atoms with Gasteiger partial charge in [-0.25, -0.2) is 4.79 Å². The first-order valence-corrected chi connectivity index (χ1v) is 9.32. The number of hydrogen-bond acceptors (Lipinski definition) is 5. The highest BCUT2D eigenvalue weighted by atomic mass is 32.1. The van der Waals surface area contributed by atoms with Gasteiger partial charge in [0.2, 0.25) is 5.91 Å². The second-order valence-electron chi connectivity index (χ2n) is 6.12. The summed E-state index contributed by atoms with van der Waals surface area (Å²) >= 11 is 1.57. The lowest BCUT2D eigenvalue weighted by atomic mass is 10.1. The third-order valence-electron chi connectivity index (χ3n) is 4.24. The van der Waals surface area contributed by atoms with E-state index in [0.717, 1.165) is 12.0 Å². The molecule has 1 aromatic carbocycles. The zero-order chi connectivity index (χ0) is 18.5.